The Morgan fingerprint density at radius 2 is 1.67 bits per heavy atom. The van der Waals surface area contributed by atoms with Gasteiger partial charge in [0.05, 0.1) is 5.56 Å². The van der Waals surface area contributed by atoms with E-state index in [0.717, 1.165) is 28.7 Å². The van der Waals surface area contributed by atoms with Crippen molar-refractivity contribution < 1.29 is 4.79 Å². The minimum atomic E-state index is 0.662. The Bertz CT molecular complexity index is 686. The van der Waals surface area contributed by atoms with Gasteiger partial charge in [-0.05, 0) is 18.2 Å². The third kappa shape index (κ3) is 1.76. The molecule has 0 aliphatic carbocycles. The summed E-state index contributed by atoms with van der Waals surface area (Å²) in [5.41, 5.74) is 2.57. The first-order valence-corrected chi connectivity index (χ1v) is 5.76. The fourth-order valence-electron chi connectivity index (χ4n) is 2.05. The van der Waals surface area contributed by atoms with Gasteiger partial charge in [-0.1, -0.05) is 36.4 Å². The number of aromatic nitrogens is 1. The molecular weight excluding hydrogens is 224 g/mol. The maximum atomic E-state index is 11.2. The Balaban J connectivity index is 2.09. The van der Waals surface area contributed by atoms with Crippen LogP contribution in [-0.2, 0) is 0 Å². The molecule has 0 bridgehead atoms. The Hall–Kier alpha value is -2.55. The van der Waals surface area contributed by atoms with Crippen LogP contribution in [0.1, 0.15) is 10.4 Å². The van der Waals surface area contributed by atoms with Crippen LogP contribution in [0.5, 0.6) is 0 Å². The standard InChI is InChI=1S/C15H12N2O/c18-10-13-12-8-4-5-9-14(12)17-15(13)16-11-6-2-1-3-7-11/h1-10,16-17H. The van der Waals surface area contributed by atoms with Crippen LogP contribution in [0, 0.1) is 0 Å². The van der Waals surface area contributed by atoms with Crippen LogP contribution in [-0.4, -0.2) is 11.3 Å². The van der Waals surface area contributed by atoms with Crippen molar-refractivity contribution in [3.8, 4) is 0 Å². The van der Waals surface area contributed by atoms with Crippen LogP contribution in [0.4, 0.5) is 11.5 Å². The van der Waals surface area contributed by atoms with Crippen LogP contribution in [0.3, 0.4) is 0 Å². The van der Waals surface area contributed by atoms with Crippen molar-refractivity contribution in [2.45, 2.75) is 0 Å². The second-order valence-corrected chi connectivity index (χ2v) is 4.07. The highest BCUT2D eigenvalue weighted by atomic mass is 16.1. The number of para-hydroxylation sites is 2. The second-order valence-electron chi connectivity index (χ2n) is 4.07. The molecule has 1 heterocycles. The summed E-state index contributed by atoms with van der Waals surface area (Å²) in [6.07, 6.45) is 0.879. The van der Waals surface area contributed by atoms with E-state index in [9.17, 15) is 4.79 Å². The number of hydrogen-bond acceptors (Lipinski definition) is 2. The minimum Gasteiger partial charge on any atom is -0.341 e. The van der Waals surface area contributed by atoms with E-state index in [2.05, 4.69) is 10.3 Å². The van der Waals surface area contributed by atoms with Crippen LogP contribution in [0.25, 0.3) is 10.9 Å². The maximum absolute atomic E-state index is 11.2. The number of anilines is 2. The van der Waals surface area contributed by atoms with Gasteiger partial charge in [-0.15, -0.1) is 0 Å². The topological polar surface area (TPSA) is 44.9 Å². The molecule has 0 atom stereocenters. The van der Waals surface area contributed by atoms with Crippen LogP contribution < -0.4 is 5.32 Å². The molecule has 3 rings (SSSR count). The van der Waals surface area contributed by atoms with Crippen molar-refractivity contribution in [1.82, 2.24) is 4.98 Å². The fourth-order valence-corrected chi connectivity index (χ4v) is 2.05. The summed E-state index contributed by atoms with van der Waals surface area (Å²) in [7, 11) is 0. The monoisotopic (exact) mass is 236 g/mol. The molecule has 0 saturated heterocycles. The zero-order chi connectivity index (χ0) is 12.4. The number of fused-ring (bicyclic) bond motifs is 1. The van der Waals surface area contributed by atoms with Crippen molar-refractivity contribution in [1.29, 1.82) is 0 Å². The summed E-state index contributed by atoms with van der Waals surface area (Å²) in [5.74, 6) is 0.734. The third-order valence-corrected chi connectivity index (χ3v) is 2.91. The Morgan fingerprint density at radius 1 is 0.944 bits per heavy atom. The molecule has 3 aromatic rings. The predicted molar refractivity (Wildman–Crippen MR) is 73.4 cm³/mol. The van der Waals surface area contributed by atoms with Crippen molar-refractivity contribution >= 4 is 28.7 Å². The van der Waals surface area contributed by atoms with Gasteiger partial charge < -0.3 is 10.3 Å². The quantitative estimate of drug-likeness (QED) is 0.681. The van der Waals surface area contributed by atoms with Gasteiger partial charge in [0.2, 0.25) is 0 Å². The van der Waals surface area contributed by atoms with E-state index in [-0.39, 0.29) is 0 Å². The molecule has 0 unspecified atom stereocenters. The fraction of sp³-hybridized carbons (Fsp3) is 0. The van der Waals surface area contributed by atoms with Gasteiger partial charge in [0, 0.05) is 16.6 Å². The lowest BCUT2D eigenvalue weighted by Gasteiger charge is -2.04. The normalized spacial score (nSPS) is 10.4. The number of carbonyl (C=O) groups excluding carboxylic acids is 1. The average Bonchev–Trinajstić information content (AvgIpc) is 2.77. The van der Waals surface area contributed by atoms with E-state index in [1.807, 2.05) is 54.6 Å². The minimum absolute atomic E-state index is 0.662. The number of H-pyrrole nitrogens is 1. The van der Waals surface area contributed by atoms with Crippen LogP contribution >= 0.6 is 0 Å². The van der Waals surface area contributed by atoms with Gasteiger partial charge in [0.25, 0.3) is 0 Å². The lowest BCUT2D eigenvalue weighted by atomic mass is 10.2. The molecular formula is C15H12N2O. The van der Waals surface area contributed by atoms with Crippen molar-refractivity contribution in [2.24, 2.45) is 0 Å². The van der Waals surface area contributed by atoms with Crippen LogP contribution in [0.15, 0.2) is 54.6 Å². The highest BCUT2D eigenvalue weighted by Crippen LogP contribution is 2.26. The van der Waals surface area contributed by atoms with Gasteiger partial charge in [-0.3, -0.25) is 4.79 Å². The molecule has 3 nitrogen and oxygen atoms in total. The third-order valence-electron chi connectivity index (χ3n) is 2.91. The molecule has 0 spiro atoms. The molecule has 2 aromatic carbocycles. The van der Waals surface area contributed by atoms with E-state index in [4.69, 9.17) is 0 Å². The number of benzene rings is 2. The lowest BCUT2D eigenvalue weighted by molar-refractivity contribution is 0.112. The van der Waals surface area contributed by atoms with E-state index in [1.165, 1.54) is 0 Å². The summed E-state index contributed by atoms with van der Waals surface area (Å²) in [5, 5.41) is 4.16. The number of rotatable bonds is 3. The van der Waals surface area contributed by atoms with Gasteiger partial charge >= 0.3 is 0 Å². The molecule has 0 radical (unpaired) electrons. The van der Waals surface area contributed by atoms with E-state index in [1.54, 1.807) is 0 Å². The predicted octanol–water partition coefficient (Wildman–Crippen LogP) is 3.72. The second kappa shape index (κ2) is 4.37. The zero-order valence-corrected chi connectivity index (χ0v) is 9.68. The van der Waals surface area contributed by atoms with Gasteiger partial charge in [0.1, 0.15) is 5.82 Å². The molecule has 0 amide bonds. The lowest BCUT2D eigenvalue weighted by Crippen LogP contribution is -1.93. The summed E-state index contributed by atoms with van der Waals surface area (Å²) in [6, 6.07) is 17.5. The Kier molecular flexibility index (Phi) is 2.57. The van der Waals surface area contributed by atoms with Gasteiger partial charge in [-0.25, -0.2) is 0 Å². The largest absolute Gasteiger partial charge is 0.341 e. The van der Waals surface area contributed by atoms with E-state index >= 15 is 0 Å². The SMILES string of the molecule is O=Cc1c(Nc2ccccc2)[nH]c2ccccc12. The first kappa shape index (κ1) is 10.6. The van der Waals surface area contributed by atoms with Gasteiger partial charge in [-0.2, -0.15) is 0 Å². The maximum Gasteiger partial charge on any atom is 0.154 e. The molecule has 0 saturated carbocycles. The molecule has 88 valence electrons. The van der Waals surface area contributed by atoms with Crippen molar-refractivity contribution in [3.63, 3.8) is 0 Å². The summed E-state index contributed by atoms with van der Waals surface area (Å²) >= 11 is 0. The number of aldehydes is 1. The highest BCUT2D eigenvalue weighted by molar-refractivity contribution is 6.03. The smallest absolute Gasteiger partial charge is 0.154 e. The average molecular weight is 236 g/mol. The number of hydrogen-bond donors (Lipinski definition) is 2. The van der Waals surface area contributed by atoms with E-state index in [0.29, 0.717) is 5.56 Å². The molecule has 0 aliphatic rings. The Morgan fingerprint density at radius 3 is 2.44 bits per heavy atom. The Labute approximate surface area is 104 Å². The van der Waals surface area contributed by atoms with E-state index < -0.39 is 0 Å². The van der Waals surface area contributed by atoms with Gasteiger partial charge in [0.15, 0.2) is 6.29 Å². The number of nitrogens with one attached hydrogen (secondary N) is 2. The number of carbonyl (C=O) groups is 1. The molecule has 0 fully saturated rings. The summed E-state index contributed by atoms with van der Waals surface area (Å²) in [4.78, 5) is 14.5. The van der Waals surface area contributed by atoms with Crippen LogP contribution in [0.2, 0.25) is 0 Å². The summed E-state index contributed by atoms with van der Waals surface area (Å²) < 4.78 is 0. The first-order valence-electron chi connectivity index (χ1n) is 5.76. The molecule has 0 aliphatic heterocycles. The summed E-state index contributed by atoms with van der Waals surface area (Å²) in [6.45, 7) is 0. The molecule has 1 aromatic heterocycles. The first-order chi connectivity index (χ1) is 8.88. The zero-order valence-electron chi connectivity index (χ0n) is 9.68. The molecule has 18 heavy (non-hydrogen) atoms. The van der Waals surface area contributed by atoms with Crippen molar-refractivity contribution in [2.75, 3.05) is 5.32 Å². The number of aromatic amines is 1. The van der Waals surface area contributed by atoms with Crippen molar-refractivity contribution in [3.05, 3.63) is 60.2 Å². The molecule has 2 N–H and O–H groups in total. The molecule has 3 heteroatoms. The highest BCUT2D eigenvalue weighted by Gasteiger charge is 2.09.